The summed E-state index contributed by atoms with van der Waals surface area (Å²) < 4.78 is 1.70. The van der Waals surface area contributed by atoms with Gasteiger partial charge in [0.2, 0.25) is 5.95 Å². The molecule has 6 rings (SSSR count). The summed E-state index contributed by atoms with van der Waals surface area (Å²) in [6.07, 6.45) is 6.56. The minimum Gasteiger partial charge on any atom is -0.354 e. The van der Waals surface area contributed by atoms with Crippen LogP contribution in [0.1, 0.15) is 49.3 Å². The van der Waals surface area contributed by atoms with Gasteiger partial charge in [0.15, 0.2) is 11.5 Å². The van der Waals surface area contributed by atoms with Crippen molar-refractivity contribution in [2.24, 2.45) is 18.2 Å². The zero-order valence-electron chi connectivity index (χ0n) is 18.7. The Kier molecular flexibility index (Phi) is 4.54. The van der Waals surface area contributed by atoms with Crippen LogP contribution < -0.4 is 21.1 Å². The second kappa shape index (κ2) is 7.33. The van der Waals surface area contributed by atoms with E-state index in [1.54, 1.807) is 4.57 Å². The van der Waals surface area contributed by atoms with Crippen LogP contribution in [0.2, 0.25) is 0 Å². The van der Waals surface area contributed by atoms with Gasteiger partial charge in [0.25, 0.3) is 5.56 Å². The third-order valence-corrected chi connectivity index (χ3v) is 8.05. The summed E-state index contributed by atoms with van der Waals surface area (Å²) in [6, 6.07) is 8.67. The lowest BCUT2D eigenvalue weighted by Gasteiger charge is -2.42. The van der Waals surface area contributed by atoms with Crippen molar-refractivity contribution in [1.82, 2.24) is 19.7 Å². The van der Waals surface area contributed by atoms with Crippen molar-refractivity contribution in [3.63, 3.8) is 0 Å². The molecule has 3 aliphatic rings. The first-order valence-corrected chi connectivity index (χ1v) is 11.9. The van der Waals surface area contributed by atoms with Crippen LogP contribution >= 0.6 is 0 Å². The van der Waals surface area contributed by atoms with Crippen molar-refractivity contribution in [2.45, 2.75) is 44.6 Å². The zero-order chi connectivity index (χ0) is 21.9. The lowest BCUT2D eigenvalue weighted by Crippen LogP contribution is -2.46. The highest BCUT2D eigenvalue weighted by atomic mass is 16.1. The number of anilines is 2. The monoisotopic (exact) mass is 433 g/mol. The van der Waals surface area contributed by atoms with Crippen molar-refractivity contribution in [3.05, 3.63) is 45.7 Å². The Labute approximate surface area is 187 Å². The molecule has 0 amide bonds. The van der Waals surface area contributed by atoms with Crippen LogP contribution in [0, 0.1) is 5.41 Å². The summed E-state index contributed by atoms with van der Waals surface area (Å²) in [6.45, 7) is 3.59. The molecular weight excluding hydrogens is 402 g/mol. The van der Waals surface area contributed by atoms with Gasteiger partial charge in [-0.05, 0) is 55.1 Å². The van der Waals surface area contributed by atoms with Crippen molar-refractivity contribution >= 4 is 22.8 Å². The van der Waals surface area contributed by atoms with Gasteiger partial charge in [0, 0.05) is 39.3 Å². The maximum absolute atomic E-state index is 13.4. The summed E-state index contributed by atoms with van der Waals surface area (Å²) in [5.41, 5.74) is 10.1. The fourth-order valence-corrected chi connectivity index (χ4v) is 6.11. The van der Waals surface area contributed by atoms with Gasteiger partial charge in [-0.2, -0.15) is 10.1 Å². The minimum absolute atomic E-state index is 0.0235. The van der Waals surface area contributed by atoms with E-state index in [0.717, 1.165) is 70.0 Å². The number of piperidine rings is 2. The third kappa shape index (κ3) is 2.88. The van der Waals surface area contributed by atoms with E-state index in [9.17, 15) is 4.79 Å². The standard InChI is InChI=1S/C24H31N7O/c1-29-22(32)18-20(27-28-21(18)30-11-5-2-6-12-30)26-23(29)31-13-9-24(10-14-31)15-16-7-3-4-8-17(16)19(24)25/h3-4,7-8,19H,2,5-6,9-15,25H2,1H3,(H,27,28)/t19-/m1/s1. The molecule has 32 heavy (non-hydrogen) atoms. The molecule has 1 aliphatic carbocycles. The fourth-order valence-electron chi connectivity index (χ4n) is 6.11. The molecule has 2 aliphatic heterocycles. The SMILES string of the molecule is Cn1c(N2CCC3(CC2)Cc2ccccc2[C@H]3N)nc2[nH]nc(N3CCCCC3)c2c1=O. The summed E-state index contributed by atoms with van der Waals surface area (Å²) in [5, 5.41) is 8.14. The van der Waals surface area contributed by atoms with E-state index in [1.807, 2.05) is 7.05 Å². The van der Waals surface area contributed by atoms with Crippen LogP contribution in [0.3, 0.4) is 0 Å². The molecule has 2 saturated heterocycles. The molecule has 2 fully saturated rings. The van der Waals surface area contributed by atoms with E-state index in [1.165, 1.54) is 17.5 Å². The summed E-state index contributed by atoms with van der Waals surface area (Å²) in [7, 11) is 1.83. The van der Waals surface area contributed by atoms with Gasteiger partial charge >= 0.3 is 0 Å². The van der Waals surface area contributed by atoms with Gasteiger partial charge in [-0.15, -0.1) is 0 Å². The smallest absolute Gasteiger partial charge is 0.268 e. The number of nitrogens with zero attached hydrogens (tertiary/aromatic N) is 5. The Morgan fingerprint density at radius 1 is 1.06 bits per heavy atom. The number of hydrogen-bond acceptors (Lipinski definition) is 6. The van der Waals surface area contributed by atoms with E-state index >= 15 is 0 Å². The first-order valence-electron chi connectivity index (χ1n) is 11.9. The number of H-pyrrole nitrogens is 1. The van der Waals surface area contributed by atoms with Crippen LogP contribution in [0.15, 0.2) is 29.1 Å². The lowest BCUT2D eigenvalue weighted by atomic mass is 9.73. The normalized spacial score (nSPS) is 22.6. The van der Waals surface area contributed by atoms with E-state index in [-0.39, 0.29) is 17.0 Å². The van der Waals surface area contributed by atoms with E-state index < -0.39 is 0 Å². The maximum atomic E-state index is 13.4. The van der Waals surface area contributed by atoms with Gasteiger partial charge in [-0.1, -0.05) is 24.3 Å². The van der Waals surface area contributed by atoms with Crippen molar-refractivity contribution in [1.29, 1.82) is 0 Å². The van der Waals surface area contributed by atoms with E-state index in [2.05, 4.69) is 44.3 Å². The molecular formula is C24H31N7O. The molecule has 2 aromatic heterocycles. The first kappa shape index (κ1) is 19.8. The number of benzene rings is 1. The van der Waals surface area contributed by atoms with E-state index in [0.29, 0.717) is 11.0 Å². The number of hydrogen-bond donors (Lipinski definition) is 2. The number of nitrogens with two attached hydrogens (primary N) is 1. The summed E-state index contributed by atoms with van der Waals surface area (Å²) >= 11 is 0. The lowest BCUT2D eigenvalue weighted by molar-refractivity contribution is 0.186. The molecule has 168 valence electrons. The average Bonchev–Trinajstić information content (AvgIpc) is 3.37. The van der Waals surface area contributed by atoms with Crippen LogP contribution in [0.5, 0.6) is 0 Å². The van der Waals surface area contributed by atoms with E-state index in [4.69, 9.17) is 10.7 Å². The van der Waals surface area contributed by atoms with Crippen LogP contribution in [-0.2, 0) is 13.5 Å². The number of fused-ring (bicyclic) bond motifs is 2. The molecule has 1 atom stereocenters. The third-order valence-electron chi connectivity index (χ3n) is 8.05. The zero-order valence-corrected chi connectivity index (χ0v) is 18.7. The van der Waals surface area contributed by atoms with Gasteiger partial charge in [-0.25, -0.2) is 0 Å². The van der Waals surface area contributed by atoms with Crippen LogP contribution in [0.25, 0.3) is 11.0 Å². The average molecular weight is 434 g/mol. The molecule has 8 nitrogen and oxygen atoms in total. The molecule has 0 radical (unpaired) electrons. The predicted molar refractivity (Wildman–Crippen MR) is 126 cm³/mol. The van der Waals surface area contributed by atoms with Crippen molar-refractivity contribution < 1.29 is 0 Å². The number of aromatic amines is 1. The molecule has 0 saturated carbocycles. The Balaban J connectivity index is 1.28. The molecule has 4 heterocycles. The molecule has 0 unspecified atom stereocenters. The van der Waals surface area contributed by atoms with Gasteiger partial charge < -0.3 is 15.5 Å². The molecule has 3 aromatic rings. The Bertz CT molecular complexity index is 1210. The molecule has 3 N–H and O–H groups in total. The Morgan fingerprint density at radius 2 is 1.81 bits per heavy atom. The summed E-state index contributed by atoms with van der Waals surface area (Å²) in [4.78, 5) is 22.7. The maximum Gasteiger partial charge on any atom is 0.268 e. The topological polar surface area (TPSA) is 96.1 Å². The Morgan fingerprint density at radius 3 is 2.56 bits per heavy atom. The molecule has 1 aromatic carbocycles. The second-order valence-electron chi connectivity index (χ2n) is 9.80. The molecule has 8 heteroatoms. The van der Waals surface area contributed by atoms with Gasteiger partial charge in [-0.3, -0.25) is 14.5 Å². The summed E-state index contributed by atoms with van der Waals surface area (Å²) in [5.74, 6) is 1.47. The first-order chi connectivity index (χ1) is 15.6. The Hall–Kier alpha value is -2.87. The quantitative estimate of drug-likeness (QED) is 0.645. The molecule has 1 spiro atoms. The van der Waals surface area contributed by atoms with Crippen LogP contribution in [0.4, 0.5) is 11.8 Å². The molecule has 0 bridgehead atoms. The fraction of sp³-hybridized carbons (Fsp3) is 0.542. The predicted octanol–water partition coefficient (Wildman–Crippen LogP) is 2.49. The highest BCUT2D eigenvalue weighted by Crippen LogP contribution is 2.50. The highest BCUT2D eigenvalue weighted by molar-refractivity contribution is 5.87. The number of aromatic nitrogens is 4. The van der Waals surface area contributed by atoms with Gasteiger partial charge in [0.05, 0.1) is 0 Å². The number of rotatable bonds is 2. The largest absolute Gasteiger partial charge is 0.354 e. The minimum atomic E-state index is -0.0235. The second-order valence-corrected chi connectivity index (χ2v) is 9.80. The highest BCUT2D eigenvalue weighted by Gasteiger charge is 2.46. The van der Waals surface area contributed by atoms with Gasteiger partial charge in [0.1, 0.15) is 5.39 Å². The number of nitrogens with one attached hydrogen (secondary N) is 1. The van der Waals surface area contributed by atoms with Crippen LogP contribution in [-0.4, -0.2) is 45.9 Å². The van der Waals surface area contributed by atoms with Crippen molar-refractivity contribution in [2.75, 3.05) is 36.0 Å². The van der Waals surface area contributed by atoms with Crippen molar-refractivity contribution in [3.8, 4) is 0 Å².